The molecule has 1 heterocycles. The Morgan fingerprint density at radius 2 is 2.00 bits per heavy atom. The number of halogens is 1. The summed E-state index contributed by atoms with van der Waals surface area (Å²) in [5.74, 6) is 1.89. The molecule has 1 aromatic carbocycles. The van der Waals surface area contributed by atoms with Crippen LogP contribution in [0.25, 0.3) is 0 Å². The molecule has 106 valence electrons. The molecule has 0 aromatic heterocycles. The van der Waals surface area contributed by atoms with Crippen LogP contribution in [0.2, 0.25) is 0 Å². The van der Waals surface area contributed by atoms with E-state index in [1.165, 1.54) is 31.5 Å². The van der Waals surface area contributed by atoms with E-state index in [1.54, 1.807) is 0 Å². The number of hydrogen-bond donors (Lipinski definition) is 0. The molecule has 1 aromatic rings. The van der Waals surface area contributed by atoms with E-state index in [-0.39, 0.29) is 6.10 Å². The normalized spacial score (nSPS) is 17.9. The first-order chi connectivity index (χ1) is 9.06. The van der Waals surface area contributed by atoms with Crippen LogP contribution >= 0.6 is 15.9 Å². The molecular formula is C16H24BrNO. The van der Waals surface area contributed by atoms with Gasteiger partial charge in [0.15, 0.2) is 0 Å². The maximum atomic E-state index is 5.97. The molecule has 1 saturated heterocycles. The van der Waals surface area contributed by atoms with Crippen molar-refractivity contribution >= 4 is 15.9 Å². The summed E-state index contributed by atoms with van der Waals surface area (Å²) >= 11 is 3.61. The number of hydrogen-bond acceptors (Lipinski definition) is 2. The first kappa shape index (κ1) is 14.9. The van der Waals surface area contributed by atoms with Crippen molar-refractivity contribution in [2.75, 3.05) is 13.1 Å². The molecule has 2 rings (SSSR count). The number of benzene rings is 1. The van der Waals surface area contributed by atoms with Crippen molar-refractivity contribution in [3.63, 3.8) is 0 Å². The summed E-state index contributed by atoms with van der Waals surface area (Å²) in [6.07, 6.45) is 2.83. The topological polar surface area (TPSA) is 12.5 Å². The van der Waals surface area contributed by atoms with Crippen LogP contribution in [0.4, 0.5) is 0 Å². The maximum absolute atomic E-state index is 5.97. The predicted molar refractivity (Wildman–Crippen MR) is 83.6 cm³/mol. The van der Waals surface area contributed by atoms with Gasteiger partial charge in [-0.2, -0.15) is 0 Å². The maximum Gasteiger partial charge on any atom is 0.138 e. The van der Waals surface area contributed by atoms with Crippen LogP contribution in [0.15, 0.2) is 22.7 Å². The van der Waals surface area contributed by atoms with Crippen molar-refractivity contribution in [1.29, 1.82) is 0 Å². The molecule has 1 aliphatic rings. The van der Waals surface area contributed by atoms with Crippen molar-refractivity contribution < 1.29 is 4.74 Å². The Morgan fingerprint density at radius 1 is 1.32 bits per heavy atom. The Bertz CT molecular complexity index is 411. The first-order valence-corrected chi connectivity index (χ1v) is 8.02. The van der Waals surface area contributed by atoms with Crippen LogP contribution in [0.3, 0.4) is 0 Å². The molecule has 2 nitrogen and oxygen atoms in total. The van der Waals surface area contributed by atoms with Gasteiger partial charge in [-0.25, -0.2) is 0 Å². The Hall–Kier alpha value is -0.540. The standard InChI is InChI=1S/C16H24BrNO/c1-12(2)19-16-14(5-4-6-15(16)17)11-18-9-7-13(3)8-10-18/h4-6,12-13H,7-11H2,1-3H3. The molecule has 0 amide bonds. The minimum Gasteiger partial charge on any atom is -0.489 e. The molecule has 0 aliphatic carbocycles. The van der Waals surface area contributed by atoms with Gasteiger partial charge in [0.05, 0.1) is 10.6 Å². The van der Waals surface area contributed by atoms with E-state index < -0.39 is 0 Å². The number of nitrogens with zero attached hydrogens (tertiary/aromatic N) is 1. The van der Waals surface area contributed by atoms with Crippen LogP contribution < -0.4 is 4.74 Å². The number of ether oxygens (including phenoxy) is 1. The van der Waals surface area contributed by atoms with Crippen molar-refractivity contribution in [3.05, 3.63) is 28.2 Å². The van der Waals surface area contributed by atoms with E-state index in [0.717, 1.165) is 22.7 Å². The van der Waals surface area contributed by atoms with E-state index in [4.69, 9.17) is 4.74 Å². The smallest absolute Gasteiger partial charge is 0.138 e. The molecule has 1 fully saturated rings. The summed E-state index contributed by atoms with van der Waals surface area (Å²) in [5.41, 5.74) is 1.29. The molecule has 19 heavy (non-hydrogen) atoms. The molecule has 0 saturated carbocycles. The molecule has 0 radical (unpaired) electrons. The lowest BCUT2D eigenvalue weighted by Crippen LogP contribution is -2.32. The Balaban J connectivity index is 2.08. The summed E-state index contributed by atoms with van der Waals surface area (Å²) < 4.78 is 7.02. The lowest BCUT2D eigenvalue weighted by Gasteiger charge is -2.31. The van der Waals surface area contributed by atoms with Crippen LogP contribution in [0.1, 0.15) is 39.2 Å². The highest BCUT2D eigenvalue weighted by molar-refractivity contribution is 9.10. The van der Waals surface area contributed by atoms with Crippen LogP contribution in [-0.4, -0.2) is 24.1 Å². The van der Waals surface area contributed by atoms with Gasteiger partial charge in [-0.05, 0) is 67.7 Å². The molecule has 0 unspecified atom stereocenters. The second-order valence-corrected chi connectivity index (χ2v) is 6.71. The third-order valence-electron chi connectivity index (χ3n) is 3.67. The van der Waals surface area contributed by atoms with E-state index in [1.807, 2.05) is 0 Å². The molecule has 0 bridgehead atoms. The summed E-state index contributed by atoms with van der Waals surface area (Å²) in [7, 11) is 0. The van der Waals surface area contributed by atoms with E-state index >= 15 is 0 Å². The lowest BCUT2D eigenvalue weighted by atomic mass is 9.99. The van der Waals surface area contributed by atoms with E-state index in [0.29, 0.717) is 0 Å². The largest absolute Gasteiger partial charge is 0.489 e. The van der Waals surface area contributed by atoms with Crippen LogP contribution in [0, 0.1) is 5.92 Å². The van der Waals surface area contributed by atoms with E-state index in [2.05, 4.69) is 59.8 Å². The minimum absolute atomic E-state index is 0.207. The summed E-state index contributed by atoms with van der Waals surface area (Å²) in [6, 6.07) is 6.33. The average Bonchev–Trinajstić information content (AvgIpc) is 2.36. The third kappa shape index (κ3) is 4.22. The van der Waals surface area contributed by atoms with E-state index in [9.17, 15) is 0 Å². The van der Waals surface area contributed by atoms with Gasteiger partial charge >= 0.3 is 0 Å². The van der Waals surface area contributed by atoms with Gasteiger partial charge in [-0.15, -0.1) is 0 Å². The molecule has 3 heteroatoms. The number of piperidine rings is 1. The van der Waals surface area contributed by atoms with Crippen LogP contribution in [-0.2, 0) is 6.54 Å². The highest BCUT2D eigenvalue weighted by atomic mass is 79.9. The second-order valence-electron chi connectivity index (χ2n) is 5.85. The van der Waals surface area contributed by atoms with Crippen LogP contribution in [0.5, 0.6) is 5.75 Å². The molecule has 0 atom stereocenters. The predicted octanol–water partition coefficient (Wildman–Crippen LogP) is 4.47. The molecule has 0 N–H and O–H groups in total. The Kier molecular flexibility index (Phi) is 5.28. The highest BCUT2D eigenvalue weighted by Gasteiger charge is 2.18. The minimum atomic E-state index is 0.207. The Labute approximate surface area is 125 Å². The van der Waals surface area contributed by atoms with Gasteiger partial charge in [-0.1, -0.05) is 19.1 Å². The third-order valence-corrected chi connectivity index (χ3v) is 4.30. The molecule has 1 aliphatic heterocycles. The second kappa shape index (κ2) is 6.76. The SMILES string of the molecule is CC1CCN(Cc2cccc(Br)c2OC(C)C)CC1. The van der Waals surface area contributed by atoms with Crippen molar-refractivity contribution in [1.82, 2.24) is 4.90 Å². The van der Waals surface area contributed by atoms with Gasteiger partial charge in [0, 0.05) is 12.1 Å². The quantitative estimate of drug-likeness (QED) is 0.809. The van der Waals surface area contributed by atoms with Crippen molar-refractivity contribution in [2.45, 2.75) is 46.3 Å². The van der Waals surface area contributed by atoms with Gasteiger partial charge in [0.1, 0.15) is 5.75 Å². The highest BCUT2D eigenvalue weighted by Crippen LogP contribution is 2.31. The lowest BCUT2D eigenvalue weighted by molar-refractivity contribution is 0.179. The van der Waals surface area contributed by atoms with Gasteiger partial charge < -0.3 is 4.74 Å². The van der Waals surface area contributed by atoms with Gasteiger partial charge in [0.25, 0.3) is 0 Å². The van der Waals surface area contributed by atoms with Gasteiger partial charge in [0.2, 0.25) is 0 Å². The molecule has 0 spiro atoms. The first-order valence-electron chi connectivity index (χ1n) is 7.22. The monoisotopic (exact) mass is 325 g/mol. The average molecular weight is 326 g/mol. The molecular weight excluding hydrogens is 302 g/mol. The zero-order valence-electron chi connectivity index (χ0n) is 12.2. The zero-order chi connectivity index (χ0) is 13.8. The number of rotatable bonds is 4. The van der Waals surface area contributed by atoms with Crippen molar-refractivity contribution in [3.8, 4) is 5.75 Å². The number of para-hydroxylation sites is 1. The van der Waals surface area contributed by atoms with Crippen molar-refractivity contribution in [2.24, 2.45) is 5.92 Å². The van der Waals surface area contributed by atoms with Gasteiger partial charge in [-0.3, -0.25) is 4.90 Å². The zero-order valence-corrected chi connectivity index (χ0v) is 13.7. The summed E-state index contributed by atoms with van der Waals surface area (Å²) in [6.45, 7) is 9.90. The fraction of sp³-hybridized carbons (Fsp3) is 0.625. The summed E-state index contributed by atoms with van der Waals surface area (Å²) in [5, 5.41) is 0. The fourth-order valence-corrected chi connectivity index (χ4v) is 3.01. The summed E-state index contributed by atoms with van der Waals surface area (Å²) in [4.78, 5) is 2.54. The Morgan fingerprint density at radius 3 is 2.63 bits per heavy atom. The number of likely N-dealkylation sites (tertiary alicyclic amines) is 1. The fourth-order valence-electron chi connectivity index (χ4n) is 2.51.